The van der Waals surface area contributed by atoms with E-state index in [0.29, 0.717) is 27.5 Å². The van der Waals surface area contributed by atoms with Gasteiger partial charge in [-0.3, -0.25) is 4.79 Å². The van der Waals surface area contributed by atoms with Crippen LogP contribution in [0.15, 0.2) is 66.7 Å². The van der Waals surface area contributed by atoms with Crippen LogP contribution in [-0.2, 0) is 0 Å². The van der Waals surface area contributed by atoms with Crippen LogP contribution in [0.3, 0.4) is 0 Å². The highest BCUT2D eigenvalue weighted by atomic mass is 35.5. The molecule has 3 aromatic carbocycles. The van der Waals surface area contributed by atoms with Crippen molar-refractivity contribution in [2.24, 2.45) is 0 Å². The van der Waals surface area contributed by atoms with Crippen molar-refractivity contribution in [3.8, 4) is 16.9 Å². The van der Waals surface area contributed by atoms with Gasteiger partial charge in [0.25, 0.3) is 5.91 Å². The third-order valence-electron chi connectivity index (χ3n) is 5.68. The molecule has 1 fully saturated rings. The number of aliphatic hydroxyl groups is 1. The van der Waals surface area contributed by atoms with Gasteiger partial charge in [-0.15, -0.1) is 0 Å². The Bertz CT molecular complexity index is 1300. The van der Waals surface area contributed by atoms with Gasteiger partial charge in [0.1, 0.15) is 11.5 Å². The maximum absolute atomic E-state index is 13.5. The van der Waals surface area contributed by atoms with Crippen molar-refractivity contribution in [2.45, 2.75) is 18.4 Å². The number of nitrogens with one attached hydrogen (secondary N) is 1. The highest BCUT2D eigenvalue weighted by molar-refractivity contribution is 6.33. The number of hydrogen-bond acceptors (Lipinski definition) is 3. The standard InChI is InChI=1S/C24H19ClFN3O2/c25-20-4-2-1-3-18(20)22-19-10-5-15(23(31)27-24(14-30)11-12-24)13-21(19)29(28-22)17-8-6-16(26)7-9-17/h1-10,13,30H,11-12,14H2,(H,27,31). The lowest BCUT2D eigenvalue weighted by Crippen LogP contribution is -2.39. The van der Waals surface area contributed by atoms with Crippen LogP contribution in [0.5, 0.6) is 0 Å². The predicted molar refractivity (Wildman–Crippen MR) is 118 cm³/mol. The van der Waals surface area contributed by atoms with Gasteiger partial charge in [-0.25, -0.2) is 9.07 Å². The highest BCUT2D eigenvalue weighted by Gasteiger charge is 2.43. The molecule has 0 bridgehead atoms. The summed E-state index contributed by atoms with van der Waals surface area (Å²) in [6.07, 6.45) is 1.53. The average Bonchev–Trinajstić information content (AvgIpc) is 3.46. The molecule has 0 radical (unpaired) electrons. The predicted octanol–water partition coefficient (Wildman–Crippen LogP) is 4.74. The first-order chi connectivity index (χ1) is 15.0. The zero-order chi connectivity index (χ0) is 21.6. The molecule has 1 amide bonds. The summed E-state index contributed by atoms with van der Waals surface area (Å²) >= 11 is 6.43. The number of fused-ring (bicyclic) bond motifs is 1. The molecule has 5 nitrogen and oxygen atoms in total. The number of benzene rings is 3. The summed E-state index contributed by atoms with van der Waals surface area (Å²) in [7, 11) is 0. The van der Waals surface area contributed by atoms with Gasteiger partial charge >= 0.3 is 0 Å². The highest BCUT2D eigenvalue weighted by Crippen LogP contribution is 2.36. The Morgan fingerprint density at radius 3 is 2.55 bits per heavy atom. The second-order valence-electron chi connectivity index (χ2n) is 7.84. The van der Waals surface area contributed by atoms with Crippen LogP contribution in [0.1, 0.15) is 23.2 Å². The SMILES string of the molecule is O=C(NC1(CO)CC1)c1ccc2c(-c3ccccc3Cl)nn(-c3ccc(F)cc3)c2c1. The first-order valence-electron chi connectivity index (χ1n) is 9.97. The Morgan fingerprint density at radius 2 is 1.87 bits per heavy atom. The van der Waals surface area contributed by atoms with Crippen LogP contribution in [0, 0.1) is 5.82 Å². The molecule has 1 aliphatic carbocycles. The van der Waals surface area contributed by atoms with E-state index in [1.165, 1.54) is 12.1 Å². The van der Waals surface area contributed by atoms with Gasteiger partial charge in [0.2, 0.25) is 0 Å². The Labute approximate surface area is 183 Å². The van der Waals surface area contributed by atoms with E-state index in [1.54, 1.807) is 35.0 Å². The number of nitrogens with zero attached hydrogens (tertiary/aromatic N) is 2. The molecule has 4 aromatic rings. The first-order valence-corrected chi connectivity index (χ1v) is 10.3. The Morgan fingerprint density at radius 1 is 1.13 bits per heavy atom. The summed E-state index contributed by atoms with van der Waals surface area (Å²) in [4.78, 5) is 12.8. The molecule has 0 saturated heterocycles. The molecule has 0 unspecified atom stereocenters. The van der Waals surface area contributed by atoms with Gasteiger partial charge in [-0.2, -0.15) is 5.10 Å². The number of aliphatic hydroxyl groups excluding tert-OH is 1. The average molecular weight is 436 g/mol. The molecule has 5 rings (SSSR count). The van der Waals surface area contributed by atoms with Crippen molar-refractivity contribution < 1.29 is 14.3 Å². The summed E-state index contributed by atoms with van der Waals surface area (Å²) in [5.74, 6) is -0.593. The van der Waals surface area contributed by atoms with Crippen LogP contribution >= 0.6 is 11.6 Å². The fourth-order valence-electron chi connectivity index (χ4n) is 3.67. The van der Waals surface area contributed by atoms with E-state index < -0.39 is 5.54 Å². The number of rotatable bonds is 5. The third-order valence-corrected chi connectivity index (χ3v) is 6.01. The lowest BCUT2D eigenvalue weighted by molar-refractivity contribution is 0.0907. The number of hydrogen-bond donors (Lipinski definition) is 2. The minimum atomic E-state index is -0.508. The molecule has 2 N–H and O–H groups in total. The van der Waals surface area contributed by atoms with Gasteiger partial charge < -0.3 is 10.4 Å². The van der Waals surface area contributed by atoms with Crippen molar-refractivity contribution in [1.82, 2.24) is 15.1 Å². The monoisotopic (exact) mass is 435 g/mol. The summed E-state index contributed by atoms with van der Waals surface area (Å²) < 4.78 is 15.2. The summed E-state index contributed by atoms with van der Waals surface area (Å²) in [5, 5.41) is 18.6. The number of carbonyl (C=O) groups is 1. The van der Waals surface area contributed by atoms with Crippen LogP contribution in [0.2, 0.25) is 5.02 Å². The topological polar surface area (TPSA) is 67.2 Å². The molecule has 31 heavy (non-hydrogen) atoms. The van der Waals surface area contributed by atoms with Gasteiger partial charge in [-0.05, 0) is 61.4 Å². The van der Waals surface area contributed by atoms with Gasteiger partial charge in [0, 0.05) is 16.5 Å². The normalized spacial score (nSPS) is 14.5. The number of aromatic nitrogens is 2. The van der Waals surface area contributed by atoms with E-state index in [1.807, 2.05) is 24.3 Å². The fourth-order valence-corrected chi connectivity index (χ4v) is 3.90. The quantitative estimate of drug-likeness (QED) is 0.476. The fraction of sp³-hybridized carbons (Fsp3) is 0.167. The van der Waals surface area contributed by atoms with E-state index in [0.717, 1.165) is 23.8 Å². The van der Waals surface area contributed by atoms with Crippen molar-refractivity contribution in [2.75, 3.05) is 6.61 Å². The van der Waals surface area contributed by atoms with Gasteiger partial charge in [-0.1, -0.05) is 29.8 Å². The van der Waals surface area contributed by atoms with E-state index in [2.05, 4.69) is 5.32 Å². The zero-order valence-corrected chi connectivity index (χ0v) is 17.2. The van der Waals surface area contributed by atoms with Crippen molar-refractivity contribution >= 4 is 28.4 Å². The third kappa shape index (κ3) is 3.58. The molecular formula is C24H19ClFN3O2. The lowest BCUT2D eigenvalue weighted by Gasteiger charge is -2.14. The van der Waals surface area contributed by atoms with Crippen molar-refractivity contribution in [3.63, 3.8) is 0 Å². The van der Waals surface area contributed by atoms with E-state index >= 15 is 0 Å². The Kier molecular flexibility index (Phi) is 4.76. The van der Waals surface area contributed by atoms with Gasteiger partial charge in [0.05, 0.1) is 28.4 Å². The van der Waals surface area contributed by atoms with Crippen LogP contribution in [0.25, 0.3) is 27.8 Å². The van der Waals surface area contributed by atoms with Crippen LogP contribution < -0.4 is 5.32 Å². The maximum atomic E-state index is 13.5. The minimum Gasteiger partial charge on any atom is -0.394 e. The Hall–Kier alpha value is -3.22. The van der Waals surface area contributed by atoms with E-state index in [-0.39, 0.29) is 18.3 Å². The number of carbonyl (C=O) groups excluding carboxylic acids is 1. The molecule has 1 saturated carbocycles. The molecule has 0 spiro atoms. The van der Waals surface area contributed by atoms with Crippen LogP contribution in [0.4, 0.5) is 4.39 Å². The molecule has 7 heteroatoms. The minimum absolute atomic E-state index is 0.0782. The first kappa shape index (κ1) is 19.7. The molecule has 1 heterocycles. The number of halogens is 2. The smallest absolute Gasteiger partial charge is 0.251 e. The second kappa shape index (κ2) is 7.48. The van der Waals surface area contributed by atoms with E-state index in [9.17, 15) is 14.3 Å². The summed E-state index contributed by atoms with van der Waals surface area (Å²) in [5.41, 5.74) is 2.75. The molecule has 1 aromatic heterocycles. The Balaban J connectivity index is 1.67. The molecule has 156 valence electrons. The largest absolute Gasteiger partial charge is 0.394 e. The van der Waals surface area contributed by atoms with Crippen molar-refractivity contribution in [1.29, 1.82) is 0 Å². The zero-order valence-electron chi connectivity index (χ0n) is 16.5. The molecular weight excluding hydrogens is 417 g/mol. The summed E-state index contributed by atoms with van der Waals surface area (Å²) in [6, 6.07) is 18.8. The maximum Gasteiger partial charge on any atom is 0.251 e. The van der Waals surface area contributed by atoms with Crippen LogP contribution in [-0.4, -0.2) is 32.9 Å². The van der Waals surface area contributed by atoms with Crippen molar-refractivity contribution in [3.05, 3.63) is 83.1 Å². The van der Waals surface area contributed by atoms with E-state index in [4.69, 9.17) is 16.7 Å². The number of amides is 1. The lowest BCUT2D eigenvalue weighted by atomic mass is 10.1. The molecule has 0 atom stereocenters. The second-order valence-corrected chi connectivity index (χ2v) is 8.25. The summed E-state index contributed by atoms with van der Waals surface area (Å²) in [6.45, 7) is -0.0782. The van der Waals surface area contributed by atoms with Gasteiger partial charge in [0.15, 0.2) is 0 Å². The molecule has 1 aliphatic rings. The molecule has 0 aliphatic heterocycles.